The fourth-order valence-corrected chi connectivity index (χ4v) is 2.71. The summed E-state index contributed by atoms with van der Waals surface area (Å²) in [6.45, 7) is 1.63. The summed E-state index contributed by atoms with van der Waals surface area (Å²) in [5.74, 6) is 1.83. The van der Waals surface area contributed by atoms with Gasteiger partial charge < -0.3 is 10.0 Å². The number of hydrogen-bond acceptors (Lipinski definition) is 3. The zero-order valence-electron chi connectivity index (χ0n) is 8.45. The first-order valence-electron chi connectivity index (χ1n) is 5.04. The Bertz CT molecular complexity index is 339. The molecule has 0 aliphatic carbocycles. The van der Waals surface area contributed by atoms with Crippen molar-refractivity contribution in [3.05, 3.63) is 29.6 Å². The Morgan fingerprint density at radius 3 is 2.73 bits per heavy atom. The van der Waals surface area contributed by atoms with Gasteiger partial charge in [0.25, 0.3) is 0 Å². The van der Waals surface area contributed by atoms with Gasteiger partial charge in [0.15, 0.2) is 0 Å². The Labute approximate surface area is 93.1 Å². The van der Waals surface area contributed by atoms with Crippen molar-refractivity contribution in [2.75, 3.05) is 29.5 Å². The number of thioether (sulfide) groups is 1. The average molecular weight is 227 g/mol. The molecule has 0 amide bonds. The van der Waals surface area contributed by atoms with Gasteiger partial charge in [-0.25, -0.2) is 4.39 Å². The number of anilines is 1. The third-order valence-electron chi connectivity index (χ3n) is 2.60. The van der Waals surface area contributed by atoms with Crippen molar-refractivity contribution >= 4 is 17.4 Å². The lowest BCUT2D eigenvalue weighted by Gasteiger charge is -2.30. The van der Waals surface area contributed by atoms with Gasteiger partial charge in [-0.1, -0.05) is 6.07 Å². The summed E-state index contributed by atoms with van der Waals surface area (Å²) in [5.41, 5.74) is 1.27. The molecule has 1 saturated heterocycles. The second kappa shape index (κ2) is 4.86. The summed E-state index contributed by atoms with van der Waals surface area (Å²) in [6, 6.07) is 4.98. The van der Waals surface area contributed by atoms with Crippen molar-refractivity contribution in [2.24, 2.45) is 0 Å². The molecule has 15 heavy (non-hydrogen) atoms. The quantitative estimate of drug-likeness (QED) is 0.834. The number of halogens is 1. The van der Waals surface area contributed by atoms with E-state index in [2.05, 4.69) is 4.90 Å². The van der Waals surface area contributed by atoms with Crippen LogP contribution in [-0.4, -0.2) is 29.7 Å². The van der Waals surface area contributed by atoms with Crippen LogP contribution in [-0.2, 0) is 6.61 Å². The molecule has 82 valence electrons. The molecular weight excluding hydrogens is 213 g/mol. The van der Waals surface area contributed by atoms with Crippen LogP contribution in [0, 0.1) is 5.82 Å². The SMILES string of the molecule is OCc1c(F)cccc1N1CCSCC1. The number of rotatable bonds is 2. The van der Waals surface area contributed by atoms with Gasteiger partial charge >= 0.3 is 0 Å². The molecule has 1 aromatic rings. The predicted molar refractivity (Wildman–Crippen MR) is 61.9 cm³/mol. The van der Waals surface area contributed by atoms with Gasteiger partial charge in [-0.05, 0) is 12.1 Å². The fourth-order valence-electron chi connectivity index (χ4n) is 1.80. The topological polar surface area (TPSA) is 23.5 Å². The standard InChI is InChI=1S/C11H14FNOS/c12-10-2-1-3-11(9(10)8-14)13-4-6-15-7-5-13/h1-3,14H,4-8H2. The van der Waals surface area contributed by atoms with E-state index in [4.69, 9.17) is 5.11 Å². The molecule has 0 saturated carbocycles. The van der Waals surface area contributed by atoms with E-state index in [9.17, 15) is 4.39 Å². The third kappa shape index (κ3) is 2.26. The number of aliphatic hydroxyl groups excluding tert-OH is 1. The molecule has 1 N–H and O–H groups in total. The Balaban J connectivity index is 2.29. The normalized spacial score (nSPS) is 16.8. The van der Waals surface area contributed by atoms with E-state index in [1.54, 1.807) is 6.07 Å². The zero-order chi connectivity index (χ0) is 10.7. The first-order chi connectivity index (χ1) is 7.33. The molecule has 0 bridgehead atoms. The molecule has 0 spiro atoms. The molecule has 0 aromatic heterocycles. The molecule has 2 rings (SSSR count). The maximum absolute atomic E-state index is 13.4. The van der Waals surface area contributed by atoms with Crippen LogP contribution < -0.4 is 4.90 Å². The minimum atomic E-state index is -0.312. The lowest BCUT2D eigenvalue weighted by atomic mass is 10.1. The van der Waals surface area contributed by atoms with Crippen LogP contribution >= 0.6 is 11.8 Å². The number of aliphatic hydroxyl groups is 1. The van der Waals surface area contributed by atoms with Crippen molar-refractivity contribution < 1.29 is 9.50 Å². The summed E-state index contributed by atoms with van der Waals surface area (Å²) in [7, 11) is 0. The molecular formula is C11H14FNOS. The van der Waals surface area contributed by atoms with Gasteiger partial charge in [0.1, 0.15) is 5.82 Å². The highest BCUT2D eigenvalue weighted by Gasteiger charge is 2.16. The van der Waals surface area contributed by atoms with E-state index in [0.29, 0.717) is 5.56 Å². The second-order valence-electron chi connectivity index (χ2n) is 3.50. The van der Waals surface area contributed by atoms with Gasteiger partial charge in [0.05, 0.1) is 6.61 Å². The summed E-state index contributed by atoms with van der Waals surface area (Å²) in [6.07, 6.45) is 0. The van der Waals surface area contributed by atoms with Crippen molar-refractivity contribution in [3.8, 4) is 0 Å². The molecule has 1 heterocycles. The molecule has 0 radical (unpaired) electrons. The summed E-state index contributed by atoms with van der Waals surface area (Å²) >= 11 is 1.91. The molecule has 0 atom stereocenters. The van der Waals surface area contributed by atoms with Crippen LogP contribution in [0.2, 0.25) is 0 Å². The highest BCUT2D eigenvalue weighted by atomic mass is 32.2. The summed E-state index contributed by atoms with van der Waals surface area (Å²) in [4.78, 5) is 2.14. The largest absolute Gasteiger partial charge is 0.391 e. The number of nitrogens with zero attached hydrogens (tertiary/aromatic N) is 1. The van der Waals surface area contributed by atoms with E-state index < -0.39 is 0 Å². The first kappa shape index (κ1) is 10.8. The number of hydrogen-bond donors (Lipinski definition) is 1. The summed E-state index contributed by atoms with van der Waals surface area (Å²) in [5, 5.41) is 9.16. The lowest BCUT2D eigenvalue weighted by Crippen LogP contribution is -2.33. The summed E-state index contributed by atoms with van der Waals surface area (Å²) < 4.78 is 13.4. The zero-order valence-corrected chi connectivity index (χ0v) is 9.26. The third-order valence-corrected chi connectivity index (χ3v) is 3.55. The molecule has 1 aliphatic rings. The Hall–Kier alpha value is -0.740. The van der Waals surface area contributed by atoms with E-state index >= 15 is 0 Å². The Morgan fingerprint density at radius 2 is 2.07 bits per heavy atom. The van der Waals surface area contributed by atoms with E-state index in [1.165, 1.54) is 6.07 Å². The average Bonchev–Trinajstić information content (AvgIpc) is 2.30. The second-order valence-corrected chi connectivity index (χ2v) is 4.72. The molecule has 1 aromatic carbocycles. The van der Waals surface area contributed by atoms with Gasteiger partial charge in [0, 0.05) is 35.8 Å². The fraction of sp³-hybridized carbons (Fsp3) is 0.455. The van der Waals surface area contributed by atoms with E-state index in [1.807, 2.05) is 17.8 Å². The van der Waals surface area contributed by atoms with E-state index in [-0.39, 0.29) is 12.4 Å². The predicted octanol–water partition coefficient (Wildman–Crippen LogP) is 1.87. The Kier molecular flexibility index (Phi) is 3.49. The first-order valence-corrected chi connectivity index (χ1v) is 6.19. The van der Waals surface area contributed by atoms with Crippen molar-refractivity contribution in [1.29, 1.82) is 0 Å². The van der Waals surface area contributed by atoms with E-state index in [0.717, 1.165) is 30.3 Å². The highest BCUT2D eigenvalue weighted by molar-refractivity contribution is 7.99. The van der Waals surface area contributed by atoms with Crippen molar-refractivity contribution in [2.45, 2.75) is 6.61 Å². The van der Waals surface area contributed by atoms with Crippen molar-refractivity contribution in [1.82, 2.24) is 0 Å². The minimum absolute atomic E-state index is 0.231. The smallest absolute Gasteiger partial charge is 0.130 e. The molecule has 4 heteroatoms. The maximum Gasteiger partial charge on any atom is 0.130 e. The monoisotopic (exact) mass is 227 g/mol. The van der Waals surface area contributed by atoms with Crippen LogP contribution in [0.3, 0.4) is 0 Å². The van der Waals surface area contributed by atoms with Crippen LogP contribution in [0.5, 0.6) is 0 Å². The molecule has 1 aliphatic heterocycles. The van der Waals surface area contributed by atoms with Crippen LogP contribution in [0.15, 0.2) is 18.2 Å². The molecule has 2 nitrogen and oxygen atoms in total. The van der Waals surface area contributed by atoms with Gasteiger partial charge in [-0.2, -0.15) is 11.8 Å². The highest BCUT2D eigenvalue weighted by Crippen LogP contribution is 2.25. The maximum atomic E-state index is 13.4. The Morgan fingerprint density at radius 1 is 1.33 bits per heavy atom. The molecule has 1 fully saturated rings. The van der Waals surface area contributed by atoms with Gasteiger partial charge in [-0.15, -0.1) is 0 Å². The molecule has 0 unspecified atom stereocenters. The lowest BCUT2D eigenvalue weighted by molar-refractivity contribution is 0.276. The van der Waals surface area contributed by atoms with Crippen LogP contribution in [0.1, 0.15) is 5.56 Å². The van der Waals surface area contributed by atoms with Gasteiger partial charge in [0.2, 0.25) is 0 Å². The van der Waals surface area contributed by atoms with Gasteiger partial charge in [-0.3, -0.25) is 0 Å². The minimum Gasteiger partial charge on any atom is -0.391 e. The number of benzene rings is 1. The van der Waals surface area contributed by atoms with Crippen molar-refractivity contribution in [3.63, 3.8) is 0 Å². The van der Waals surface area contributed by atoms with Crippen LogP contribution in [0.25, 0.3) is 0 Å². The van der Waals surface area contributed by atoms with Crippen LogP contribution in [0.4, 0.5) is 10.1 Å².